The zero-order valence-electron chi connectivity index (χ0n) is 11.8. The van der Waals surface area contributed by atoms with E-state index in [2.05, 4.69) is 18.8 Å². The highest BCUT2D eigenvalue weighted by Gasteiger charge is 2.03. The average molecular weight is 299 g/mol. The van der Waals surface area contributed by atoms with Gasteiger partial charge in [-0.25, -0.2) is 4.39 Å². The highest BCUT2D eigenvalue weighted by Crippen LogP contribution is 2.18. The number of hydrogen-bond acceptors (Lipinski definition) is 2. The topological polar surface area (TPSA) is 18.5 Å². The SMILES string of the molecule is CCCCOCCOc1ccc(F)cc1C#CCCCl. The zero-order valence-corrected chi connectivity index (χ0v) is 12.5. The second-order valence-corrected chi connectivity index (χ2v) is 4.57. The molecule has 0 N–H and O–H groups in total. The number of alkyl halides is 1. The van der Waals surface area contributed by atoms with Gasteiger partial charge in [0.25, 0.3) is 0 Å². The van der Waals surface area contributed by atoms with Gasteiger partial charge in [0, 0.05) is 18.9 Å². The van der Waals surface area contributed by atoms with E-state index < -0.39 is 0 Å². The fraction of sp³-hybridized carbons (Fsp3) is 0.500. The predicted octanol–water partition coefficient (Wildman–Crippen LogP) is 4.00. The first-order valence-corrected chi connectivity index (χ1v) is 7.36. The molecule has 0 saturated carbocycles. The molecule has 0 bridgehead atoms. The van der Waals surface area contributed by atoms with Gasteiger partial charge in [0.1, 0.15) is 18.2 Å². The van der Waals surface area contributed by atoms with Crippen LogP contribution in [0.3, 0.4) is 0 Å². The van der Waals surface area contributed by atoms with Gasteiger partial charge in [0.2, 0.25) is 0 Å². The summed E-state index contributed by atoms with van der Waals surface area (Å²) >= 11 is 5.56. The molecule has 20 heavy (non-hydrogen) atoms. The van der Waals surface area contributed by atoms with E-state index >= 15 is 0 Å². The molecule has 0 spiro atoms. The maximum absolute atomic E-state index is 13.2. The number of unbranched alkanes of at least 4 members (excludes halogenated alkanes) is 1. The quantitative estimate of drug-likeness (QED) is 0.410. The fourth-order valence-corrected chi connectivity index (χ4v) is 1.58. The van der Waals surface area contributed by atoms with E-state index in [-0.39, 0.29) is 5.82 Å². The fourth-order valence-electron chi connectivity index (χ4n) is 1.49. The van der Waals surface area contributed by atoms with Crippen LogP contribution in [0.15, 0.2) is 18.2 Å². The minimum absolute atomic E-state index is 0.327. The molecule has 110 valence electrons. The van der Waals surface area contributed by atoms with Gasteiger partial charge in [-0.3, -0.25) is 0 Å². The lowest BCUT2D eigenvalue weighted by atomic mass is 10.2. The summed E-state index contributed by atoms with van der Waals surface area (Å²) in [7, 11) is 0. The monoisotopic (exact) mass is 298 g/mol. The molecule has 0 atom stereocenters. The molecular weight excluding hydrogens is 279 g/mol. The van der Waals surface area contributed by atoms with Crippen LogP contribution in [0.4, 0.5) is 4.39 Å². The summed E-state index contributed by atoms with van der Waals surface area (Å²) < 4.78 is 24.2. The van der Waals surface area contributed by atoms with Crippen LogP contribution < -0.4 is 4.74 Å². The van der Waals surface area contributed by atoms with Crippen LogP contribution in [-0.4, -0.2) is 25.7 Å². The Labute approximate surface area is 125 Å². The summed E-state index contributed by atoms with van der Waals surface area (Å²) in [6, 6.07) is 4.32. The molecule has 0 heterocycles. The summed E-state index contributed by atoms with van der Waals surface area (Å²) in [5.74, 6) is 6.46. The summed E-state index contributed by atoms with van der Waals surface area (Å²) in [6.07, 6.45) is 2.72. The summed E-state index contributed by atoms with van der Waals surface area (Å²) in [5.41, 5.74) is 0.545. The zero-order chi connectivity index (χ0) is 14.6. The average Bonchev–Trinajstić information content (AvgIpc) is 2.45. The third-order valence-electron chi connectivity index (χ3n) is 2.51. The minimum atomic E-state index is -0.327. The van der Waals surface area contributed by atoms with Crippen molar-refractivity contribution >= 4 is 11.6 Å². The van der Waals surface area contributed by atoms with Gasteiger partial charge in [-0.2, -0.15) is 0 Å². The van der Waals surface area contributed by atoms with Crippen molar-refractivity contribution in [3.63, 3.8) is 0 Å². The summed E-state index contributed by atoms with van der Waals surface area (Å²) in [6.45, 7) is 3.81. The first kappa shape index (κ1) is 16.8. The highest BCUT2D eigenvalue weighted by atomic mass is 35.5. The third-order valence-corrected chi connectivity index (χ3v) is 2.70. The first-order valence-electron chi connectivity index (χ1n) is 6.83. The lowest BCUT2D eigenvalue weighted by Crippen LogP contribution is -2.08. The van der Waals surface area contributed by atoms with E-state index in [1.165, 1.54) is 12.1 Å². The molecule has 0 aliphatic carbocycles. The lowest BCUT2D eigenvalue weighted by molar-refractivity contribution is 0.0979. The van der Waals surface area contributed by atoms with Crippen molar-refractivity contribution in [3.05, 3.63) is 29.6 Å². The molecule has 0 amide bonds. The Bertz CT molecular complexity index is 452. The van der Waals surface area contributed by atoms with Crippen molar-refractivity contribution in [3.8, 4) is 17.6 Å². The Kier molecular flexibility index (Phi) is 8.86. The molecule has 0 unspecified atom stereocenters. The van der Waals surface area contributed by atoms with Crippen LogP contribution in [0, 0.1) is 17.7 Å². The summed E-state index contributed by atoms with van der Waals surface area (Å²) in [5, 5.41) is 0. The van der Waals surface area contributed by atoms with Crippen LogP contribution in [0.2, 0.25) is 0 Å². The Morgan fingerprint density at radius 1 is 1.25 bits per heavy atom. The van der Waals surface area contributed by atoms with Crippen molar-refractivity contribution in [2.45, 2.75) is 26.2 Å². The van der Waals surface area contributed by atoms with Gasteiger partial charge in [-0.05, 0) is 24.6 Å². The molecule has 1 rings (SSSR count). The van der Waals surface area contributed by atoms with Crippen molar-refractivity contribution in [1.29, 1.82) is 0 Å². The maximum Gasteiger partial charge on any atom is 0.135 e. The minimum Gasteiger partial charge on any atom is -0.490 e. The van der Waals surface area contributed by atoms with Crippen LogP contribution in [0.25, 0.3) is 0 Å². The first-order chi connectivity index (χ1) is 9.77. The van der Waals surface area contributed by atoms with Crippen LogP contribution in [-0.2, 0) is 4.74 Å². The van der Waals surface area contributed by atoms with Gasteiger partial charge < -0.3 is 9.47 Å². The summed E-state index contributed by atoms with van der Waals surface area (Å²) in [4.78, 5) is 0. The standard InChI is InChI=1S/C16H20ClFO2/c1-2-3-10-19-11-12-20-16-8-7-15(18)13-14(16)6-4-5-9-17/h7-8,13H,2-3,5,9-12H2,1H3. The molecule has 4 heteroatoms. The largest absolute Gasteiger partial charge is 0.490 e. The molecule has 0 saturated heterocycles. The van der Waals surface area contributed by atoms with Crippen molar-refractivity contribution in [1.82, 2.24) is 0 Å². The number of halogens is 2. The lowest BCUT2D eigenvalue weighted by Gasteiger charge is -2.09. The van der Waals surface area contributed by atoms with Gasteiger partial charge in [-0.15, -0.1) is 11.6 Å². The smallest absolute Gasteiger partial charge is 0.135 e. The third kappa shape index (κ3) is 6.79. The van der Waals surface area contributed by atoms with Crippen molar-refractivity contribution in [2.75, 3.05) is 25.7 Å². The number of benzene rings is 1. The van der Waals surface area contributed by atoms with Crippen molar-refractivity contribution < 1.29 is 13.9 Å². The molecule has 0 aromatic heterocycles. The highest BCUT2D eigenvalue weighted by molar-refractivity contribution is 6.18. The van der Waals surface area contributed by atoms with Gasteiger partial charge >= 0.3 is 0 Å². The maximum atomic E-state index is 13.2. The molecule has 0 aliphatic rings. The van der Waals surface area contributed by atoms with E-state index in [0.717, 1.165) is 19.4 Å². The normalized spacial score (nSPS) is 9.95. The molecule has 2 nitrogen and oxygen atoms in total. The second kappa shape index (κ2) is 10.5. The Morgan fingerprint density at radius 2 is 2.10 bits per heavy atom. The van der Waals surface area contributed by atoms with Gasteiger partial charge in [0.05, 0.1) is 12.2 Å². The second-order valence-electron chi connectivity index (χ2n) is 4.20. The van der Waals surface area contributed by atoms with Crippen LogP contribution in [0.5, 0.6) is 5.75 Å². The molecule has 0 fully saturated rings. The van der Waals surface area contributed by atoms with E-state index in [1.54, 1.807) is 6.07 Å². The van der Waals surface area contributed by atoms with E-state index in [1.807, 2.05) is 0 Å². The number of hydrogen-bond donors (Lipinski definition) is 0. The molecule has 1 aromatic carbocycles. The Balaban J connectivity index is 2.50. The van der Waals surface area contributed by atoms with Crippen molar-refractivity contribution in [2.24, 2.45) is 0 Å². The molecular formula is C16H20ClFO2. The van der Waals surface area contributed by atoms with E-state index in [0.29, 0.717) is 36.8 Å². The van der Waals surface area contributed by atoms with Crippen LogP contribution >= 0.6 is 11.6 Å². The molecule has 0 radical (unpaired) electrons. The number of ether oxygens (including phenoxy) is 2. The molecule has 0 aliphatic heterocycles. The van der Waals surface area contributed by atoms with Gasteiger partial charge in [0.15, 0.2) is 0 Å². The predicted molar refractivity (Wildman–Crippen MR) is 79.8 cm³/mol. The van der Waals surface area contributed by atoms with Crippen LogP contribution in [0.1, 0.15) is 31.7 Å². The van der Waals surface area contributed by atoms with Gasteiger partial charge in [-0.1, -0.05) is 25.2 Å². The molecule has 1 aromatic rings. The Hall–Kier alpha value is -1.24. The Morgan fingerprint density at radius 3 is 2.85 bits per heavy atom. The van der Waals surface area contributed by atoms with E-state index in [4.69, 9.17) is 21.1 Å². The number of rotatable bonds is 8. The van der Waals surface area contributed by atoms with E-state index in [9.17, 15) is 4.39 Å².